The minimum Gasteiger partial charge on any atom is -0.399 e. The number of nitrogens with one attached hydrogen (secondary N) is 1. The molecule has 1 amide bonds. The Bertz CT molecular complexity index is 602. The molecular formula is C15H15BrN2O2. The second kappa shape index (κ2) is 7.07. The molecule has 0 aliphatic carbocycles. The van der Waals surface area contributed by atoms with Gasteiger partial charge < -0.3 is 15.8 Å². The van der Waals surface area contributed by atoms with Crippen molar-refractivity contribution in [2.75, 3.05) is 17.7 Å². The number of halogens is 1. The quantitative estimate of drug-likeness (QED) is 0.825. The zero-order chi connectivity index (χ0) is 14.4. The summed E-state index contributed by atoms with van der Waals surface area (Å²) >= 11 is 3.43. The first-order valence-corrected chi connectivity index (χ1v) is 6.91. The smallest absolute Gasteiger partial charge is 0.250 e. The fourth-order valence-electron chi connectivity index (χ4n) is 1.68. The number of benzene rings is 2. The molecule has 0 saturated heterocycles. The number of anilines is 2. The molecule has 0 unspecified atom stereocenters. The molecule has 2 aromatic rings. The monoisotopic (exact) mass is 334 g/mol. The van der Waals surface area contributed by atoms with Gasteiger partial charge in [0.05, 0.1) is 6.61 Å². The lowest BCUT2D eigenvalue weighted by Crippen LogP contribution is -2.18. The summed E-state index contributed by atoms with van der Waals surface area (Å²) in [6.45, 7) is 0.377. The largest absolute Gasteiger partial charge is 0.399 e. The van der Waals surface area contributed by atoms with Crippen LogP contribution in [0.1, 0.15) is 5.56 Å². The molecule has 0 saturated carbocycles. The predicted octanol–water partition coefficient (Wildman–Crippen LogP) is 3.19. The highest BCUT2D eigenvalue weighted by molar-refractivity contribution is 9.10. The molecule has 0 spiro atoms. The van der Waals surface area contributed by atoms with Crippen LogP contribution >= 0.6 is 15.9 Å². The molecule has 0 heterocycles. The van der Waals surface area contributed by atoms with Crippen molar-refractivity contribution in [1.82, 2.24) is 0 Å². The maximum atomic E-state index is 11.7. The van der Waals surface area contributed by atoms with E-state index in [2.05, 4.69) is 21.2 Å². The van der Waals surface area contributed by atoms with E-state index in [9.17, 15) is 4.79 Å². The molecular weight excluding hydrogens is 320 g/mol. The van der Waals surface area contributed by atoms with E-state index in [1.165, 1.54) is 0 Å². The third-order valence-corrected chi connectivity index (χ3v) is 3.39. The molecule has 0 bridgehead atoms. The number of carbonyl (C=O) groups is 1. The van der Waals surface area contributed by atoms with Crippen LogP contribution < -0.4 is 11.1 Å². The van der Waals surface area contributed by atoms with Crippen LogP contribution in [0.3, 0.4) is 0 Å². The maximum absolute atomic E-state index is 11.7. The van der Waals surface area contributed by atoms with Gasteiger partial charge in [0.2, 0.25) is 5.91 Å². The van der Waals surface area contributed by atoms with Crippen LogP contribution in [0.5, 0.6) is 0 Å². The minimum atomic E-state index is -0.206. The van der Waals surface area contributed by atoms with E-state index in [0.717, 1.165) is 10.0 Å². The molecule has 4 nitrogen and oxygen atoms in total. The Balaban J connectivity index is 1.80. The summed E-state index contributed by atoms with van der Waals surface area (Å²) in [5, 5.41) is 2.73. The van der Waals surface area contributed by atoms with E-state index in [1.54, 1.807) is 24.3 Å². The van der Waals surface area contributed by atoms with Crippen molar-refractivity contribution in [2.45, 2.75) is 6.61 Å². The SMILES string of the molecule is Nc1cccc(NC(=O)COCc2ccccc2Br)c1. The molecule has 0 aliphatic heterocycles. The van der Waals surface area contributed by atoms with Gasteiger partial charge in [0.15, 0.2) is 0 Å². The van der Waals surface area contributed by atoms with Gasteiger partial charge in [-0.1, -0.05) is 40.2 Å². The van der Waals surface area contributed by atoms with Crippen LogP contribution in [0.25, 0.3) is 0 Å². The first-order chi connectivity index (χ1) is 9.65. The van der Waals surface area contributed by atoms with Crippen LogP contribution in [0.4, 0.5) is 11.4 Å². The Labute approximate surface area is 126 Å². The Morgan fingerprint density at radius 2 is 2.00 bits per heavy atom. The summed E-state index contributed by atoms with van der Waals surface area (Å²) in [5.41, 5.74) is 7.92. The third-order valence-electron chi connectivity index (χ3n) is 2.62. The molecule has 0 aliphatic rings. The standard InChI is InChI=1S/C15H15BrN2O2/c16-14-7-2-1-4-11(14)9-20-10-15(19)18-13-6-3-5-12(17)8-13/h1-8H,9-10,17H2,(H,18,19). The van der Waals surface area contributed by atoms with Crippen LogP contribution in [0, 0.1) is 0 Å². The maximum Gasteiger partial charge on any atom is 0.250 e. The number of ether oxygens (including phenoxy) is 1. The van der Waals surface area contributed by atoms with Crippen LogP contribution in [0.2, 0.25) is 0 Å². The fraction of sp³-hybridized carbons (Fsp3) is 0.133. The van der Waals surface area contributed by atoms with Crippen molar-refractivity contribution in [3.05, 3.63) is 58.6 Å². The van der Waals surface area contributed by atoms with Gasteiger partial charge in [-0.05, 0) is 29.8 Å². The topological polar surface area (TPSA) is 64.3 Å². The Kier molecular flexibility index (Phi) is 5.15. The van der Waals surface area contributed by atoms with E-state index in [4.69, 9.17) is 10.5 Å². The van der Waals surface area contributed by atoms with Gasteiger partial charge in [0.1, 0.15) is 6.61 Å². The lowest BCUT2D eigenvalue weighted by atomic mass is 10.2. The molecule has 3 N–H and O–H groups in total. The zero-order valence-electron chi connectivity index (χ0n) is 10.8. The van der Waals surface area contributed by atoms with Crippen molar-refractivity contribution in [3.63, 3.8) is 0 Å². The lowest BCUT2D eigenvalue weighted by molar-refractivity contribution is -0.121. The highest BCUT2D eigenvalue weighted by atomic mass is 79.9. The molecule has 0 fully saturated rings. The third kappa shape index (κ3) is 4.36. The van der Waals surface area contributed by atoms with Gasteiger partial charge >= 0.3 is 0 Å². The zero-order valence-corrected chi connectivity index (χ0v) is 12.4. The molecule has 0 atom stereocenters. The molecule has 2 rings (SSSR count). The molecule has 20 heavy (non-hydrogen) atoms. The summed E-state index contributed by atoms with van der Waals surface area (Å²) in [5.74, 6) is -0.206. The molecule has 5 heteroatoms. The number of rotatable bonds is 5. The number of nitrogens with two attached hydrogens (primary N) is 1. The number of carbonyl (C=O) groups excluding carboxylic acids is 1. The molecule has 0 aromatic heterocycles. The van der Waals surface area contributed by atoms with Crippen molar-refractivity contribution >= 4 is 33.2 Å². The predicted molar refractivity (Wildman–Crippen MR) is 83.3 cm³/mol. The van der Waals surface area contributed by atoms with Gasteiger partial charge in [0.25, 0.3) is 0 Å². The van der Waals surface area contributed by atoms with Crippen molar-refractivity contribution in [1.29, 1.82) is 0 Å². The van der Waals surface area contributed by atoms with Crippen LogP contribution in [-0.2, 0) is 16.1 Å². The van der Waals surface area contributed by atoms with Gasteiger partial charge in [-0.2, -0.15) is 0 Å². The van der Waals surface area contributed by atoms with Crippen molar-refractivity contribution < 1.29 is 9.53 Å². The Morgan fingerprint density at radius 3 is 2.75 bits per heavy atom. The summed E-state index contributed by atoms with van der Waals surface area (Å²) in [6, 6.07) is 14.8. The van der Waals surface area contributed by atoms with Gasteiger partial charge in [-0.3, -0.25) is 4.79 Å². The van der Waals surface area contributed by atoms with E-state index < -0.39 is 0 Å². The second-order valence-electron chi connectivity index (χ2n) is 4.26. The molecule has 0 radical (unpaired) electrons. The summed E-state index contributed by atoms with van der Waals surface area (Å²) in [6.07, 6.45) is 0. The normalized spacial score (nSPS) is 10.2. The van der Waals surface area contributed by atoms with E-state index in [0.29, 0.717) is 18.0 Å². The average Bonchev–Trinajstić information content (AvgIpc) is 2.41. The first-order valence-electron chi connectivity index (χ1n) is 6.11. The van der Waals surface area contributed by atoms with E-state index in [-0.39, 0.29) is 12.5 Å². The number of nitrogen functional groups attached to an aromatic ring is 1. The Hall–Kier alpha value is -1.85. The summed E-state index contributed by atoms with van der Waals surface area (Å²) in [7, 11) is 0. The lowest BCUT2D eigenvalue weighted by Gasteiger charge is -2.08. The summed E-state index contributed by atoms with van der Waals surface area (Å²) < 4.78 is 6.36. The van der Waals surface area contributed by atoms with Gasteiger partial charge in [-0.25, -0.2) is 0 Å². The summed E-state index contributed by atoms with van der Waals surface area (Å²) in [4.78, 5) is 11.7. The number of hydrogen-bond acceptors (Lipinski definition) is 3. The molecule has 104 valence electrons. The molecule has 2 aromatic carbocycles. The van der Waals surface area contributed by atoms with E-state index >= 15 is 0 Å². The van der Waals surface area contributed by atoms with E-state index in [1.807, 2.05) is 24.3 Å². The Morgan fingerprint density at radius 1 is 1.20 bits per heavy atom. The van der Waals surface area contributed by atoms with Crippen LogP contribution in [0.15, 0.2) is 53.0 Å². The first kappa shape index (κ1) is 14.6. The second-order valence-corrected chi connectivity index (χ2v) is 5.11. The highest BCUT2D eigenvalue weighted by Crippen LogP contribution is 2.16. The van der Waals surface area contributed by atoms with Crippen molar-refractivity contribution in [3.8, 4) is 0 Å². The van der Waals surface area contributed by atoms with Crippen LogP contribution in [-0.4, -0.2) is 12.5 Å². The van der Waals surface area contributed by atoms with Crippen molar-refractivity contribution in [2.24, 2.45) is 0 Å². The minimum absolute atomic E-state index is 0.00384. The van der Waals surface area contributed by atoms with Gasteiger partial charge in [0, 0.05) is 15.8 Å². The average molecular weight is 335 g/mol. The van der Waals surface area contributed by atoms with Gasteiger partial charge in [-0.15, -0.1) is 0 Å². The highest BCUT2D eigenvalue weighted by Gasteiger charge is 2.04. The fourth-order valence-corrected chi connectivity index (χ4v) is 2.08. The number of hydrogen-bond donors (Lipinski definition) is 2. The number of amides is 1.